The van der Waals surface area contributed by atoms with Crippen molar-refractivity contribution in [3.05, 3.63) is 0 Å². The summed E-state index contributed by atoms with van der Waals surface area (Å²) >= 11 is 0. The Balaban J connectivity index is 2.24. The van der Waals surface area contributed by atoms with Gasteiger partial charge in [-0.2, -0.15) is 13.5 Å². The van der Waals surface area contributed by atoms with Crippen molar-refractivity contribution >= 4 is 10.1 Å². The first-order chi connectivity index (χ1) is 5.97. The third-order valence-corrected chi connectivity index (χ3v) is 2.71. The highest BCUT2D eigenvalue weighted by Crippen LogP contribution is 1.98. The van der Waals surface area contributed by atoms with Crippen LogP contribution in [-0.4, -0.2) is 66.6 Å². The Labute approximate surface area is 77.5 Å². The molecule has 0 amide bonds. The van der Waals surface area contributed by atoms with Gasteiger partial charge in [-0.05, 0) is 0 Å². The Bertz CT molecular complexity index is 245. The number of rotatable bonds is 3. The molecular weight excluding hydrogens is 196 g/mol. The molecule has 78 valence electrons. The van der Waals surface area contributed by atoms with Crippen LogP contribution in [0.3, 0.4) is 0 Å². The molecule has 0 spiro atoms. The van der Waals surface area contributed by atoms with E-state index in [4.69, 9.17) is 9.76 Å². The SMILES string of the molecule is O=S(=O)(O)CCN1CCN(O)CC1. The van der Waals surface area contributed by atoms with Gasteiger partial charge in [0.05, 0.1) is 5.75 Å². The van der Waals surface area contributed by atoms with Crippen LogP contribution in [0.2, 0.25) is 0 Å². The maximum absolute atomic E-state index is 10.4. The lowest BCUT2D eigenvalue weighted by Gasteiger charge is -2.30. The van der Waals surface area contributed by atoms with Gasteiger partial charge in [-0.25, -0.2) is 0 Å². The number of piperazine rings is 1. The van der Waals surface area contributed by atoms with Gasteiger partial charge < -0.3 is 5.21 Å². The van der Waals surface area contributed by atoms with E-state index in [9.17, 15) is 8.42 Å². The fraction of sp³-hybridized carbons (Fsp3) is 1.00. The van der Waals surface area contributed by atoms with Crippen LogP contribution in [0.25, 0.3) is 0 Å². The van der Waals surface area contributed by atoms with Gasteiger partial charge in [0.25, 0.3) is 10.1 Å². The molecule has 1 heterocycles. The molecule has 1 fully saturated rings. The molecule has 0 bridgehead atoms. The molecule has 0 atom stereocenters. The highest BCUT2D eigenvalue weighted by Gasteiger charge is 2.16. The van der Waals surface area contributed by atoms with E-state index in [1.165, 1.54) is 5.06 Å². The van der Waals surface area contributed by atoms with Crippen LogP contribution in [0, 0.1) is 0 Å². The van der Waals surface area contributed by atoms with Crippen LogP contribution in [0.4, 0.5) is 0 Å². The van der Waals surface area contributed by atoms with Crippen molar-refractivity contribution in [1.82, 2.24) is 9.96 Å². The minimum absolute atomic E-state index is 0.238. The summed E-state index contributed by atoms with van der Waals surface area (Å²) in [6.07, 6.45) is 0. The Hall–Kier alpha value is -0.210. The van der Waals surface area contributed by atoms with Crippen LogP contribution in [-0.2, 0) is 10.1 Å². The first-order valence-electron chi connectivity index (χ1n) is 4.09. The molecule has 0 unspecified atom stereocenters. The number of nitrogens with zero attached hydrogens (tertiary/aromatic N) is 2. The van der Waals surface area contributed by atoms with Crippen LogP contribution in [0.15, 0.2) is 0 Å². The molecule has 2 N–H and O–H groups in total. The van der Waals surface area contributed by atoms with Crippen molar-refractivity contribution in [3.63, 3.8) is 0 Å². The smallest absolute Gasteiger partial charge is 0.266 e. The summed E-state index contributed by atoms with van der Waals surface area (Å²) in [6, 6.07) is 0. The van der Waals surface area contributed by atoms with E-state index in [0.717, 1.165) is 0 Å². The highest BCUT2D eigenvalue weighted by atomic mass is 32.2. The molecule has 1 aliphatic rings. The molecule has 0 radical (unpaired) electrons. The van der Waals surface area contributed by atoms with Gasteiger partial charge in [-0.15, -0.1) is 0 Å². The van der Waals surface area contributed by atoms with E-state index in [2.05, 4.69) is 0 Å². The minimum atomic E-state index is -3.85. The molecule has 13 heavy (non-hydrogen) atoms. The standard InChI is InChI=1S/C6H14N2O4S/c9-8-3-1-7(2-4-8)5-6-13(10,11)12/h9H,1-6H2,(H,10,11,12). The topological polar surface area (TPSA) is 81.1 Å². The zero-order valence-corrected chi connectivity index (χ0v) is 8.07. The van der Waals surface area contributed by atoms with Crippen molar-refractivity contribution in [1.29, 1.82) is 0 Å². The Morgan fingerprint density at radius 2 is 1.69 bits per heavy atom. The van der Waals surface area contributed by atoms with Crippen molar-refractivity contribution < 1.29 is 18.2 Å². The van der Waals surface area contributed by atoms with E-state index >= 15 is 0 Å². The largest absolute Gasteiger partial charge is 0.314 e. The van der Waals surface area contributed by atoms with Gasteiger partial charge >= 0.3 is 0 Å². The Morgan fingerprint density at radius 3 is 2.15 bits per heavy atom. The fourth-order valence-electron chi connectivity index (χ4n) is 1.21. The van der Waals surface area contributed by atoms with E-state index < -0.39 is 10.1 Å². The number of hydrogen-bond donors (Lipinski definition) is 2. The van der Waals surface area contributed by atoms with Crippen LogP contribution >= 0.6 is 0 Å². The molecule has 0 aliphatic carbocycles. The molecular formula is C6H14N2O4S. The Morgan fingerprint density at radius 1 is 1.15 bits per heavy atom. The van der Waals surface area contributed by atoms with Crippen LogP contribution in [0.1, 0.15) is 0 Å². The van der Waals surface area contributed by atoms with E-state index in [-0.39, 0.29) is 5.75 Å². The van der Waals surface area contributed by atoms with Crippen molar-refractivity contribution in [2.75, 3.05) is 38.5 Å². The Kier molecular flexibility index (Phi) is 3.63. The highest BCUT2D eigenvalue weighted by molar-refractivity contribution is 7.85. The molecule has 7 heteroatoms. The molecule has 0 saturated carbocycles. The monoisotopic (exact) mass is 210 g/mol. The van der Waals surface area contributed by atoms with Gasteiger partial charge in [0, 0.05) is 32.7 Å². The molecule has 6 nitrogen and oxygen atoms in total. The van der Waals surface area contributed by atoms with Gasteiger partial charge in [-0.1, -0.05) is 0 Å². The summed E-state index contributed by atoms with van der Waals surface area (Å²) in [7, 11) is -3.85. The first-order valence-corrected chi connectivity index (χ1v) is 5.69. The van der Waals surface area contributed by atoms with Crippen LogP contribution in [0.5, 0.6) is 0 Å². The second-order valence-electron chi connectivity index (χ2n) is 3.08. The summed E-state index contributed by atoms with van der Waals surface area (Å²) < 4.78 is 29.3. The average molecular weight is 210 g/mol. The third kappa shape index (κ3) is 4.53. The molecule has 0 aromatic carbocycles. The third-order valence-electron chi connectivity index (χ3n) is 2.01. The molecule has 1 rings (SSSR count). The molecule has 1 saturated heterocycles. The van der Waals surface area contributed by atoms with Gasteiger partial charge in [-0.3, -0.25) is 9.45 Å². The van der Waals surface area contributed by atoms with Crippen molar-refractivity contribution in [2.45, 2.75) is 0 Å². The fourth-order valence-corrected chi connectivity index (χ4v) is 1.69. The summed E-state index contributed by atoms with van der Waals surface area (Å²) in [4.78, 5) is 1.89. The lowest BCUT2D eigenvalue weighted by Crippen LogP contribution is -2.46. The van der Waals surface area contributed by atoms with E-state index in [0.29, 0.717) is 32.7 Å². The summed E-state index contributed by atoms with van der Waals surface area (Å²) in [6.45, 7) is 2.63. The lowest BCUT2D eigenvalue weighted by atomic mass is 10.4. The zero-order valence-electron chi connectivity index (χ0n) is 7.26. The molecule has 1 aliphatic heterocycles. The summed E-state index contributed by atoms with van der Waals surface area (Å²) in [5.74, 6) is -0.238. The lowest BCUT2D eigenvalue weighted by molar-refractivity contribution is -0.116. The molecule has 0 aromatic rings. The van der Waals surface area contributed by atoms with Gasteiger partial charge in [0.15, 0.2) is 0 Å². The summed E-state index contributed by atoms with van der Waals surface area (Å²) in [5.41, 5.74) is 0. The van der Waals surface area contributed by atoms with Crippen LogP contribution < -0.4 is 0 Å². The normalized spacial score (nSPS) is 22.0. The predicted octanol–water partition coefficient (Wildman–Crippen LogP) is -1.12. The summed E-state index contributed by atoms with van der Waals surface area (Å²) in [5, 5.41) is 10.2. The minimum Gasteiger partial charge on any atom is -0.314 e. The zero-order chi connectivity index (χ0) is 9.90. The average Bonchev–Trinajstić information content (AvgIpc) is 2.02. The van der Waals surface area contributed by atoms with E-state index in [1.807, 2.05) is 4.90 Å². The van der Waals surface area contributed by atoms with Crippen molar-refractivity contribution in [3.8, 4) is 0 Å². The van der Waals surface area contributed by atoms with E-state index in [1.54, 1.807) is 0 Å². The predicted molar refractivity (Wildman–Crippen MR) is 46.2 cm³/mol. The second-order valence-corrected chi connectivity index (χ2v) is 4.65. The maximum atomic E-state index is 10.4. The van der Waals surface area contributed by atoms with Crippen molar-refractivity contribution in [2.24, 2.45) is 0 Å². The first kappa shape index (κ1) is 10.9. The maximum Gasteiger partial charge on any atom is 0.266 e. The number of hydrogen-bond acceptors (Lipinski definition) is 5. The quantitative estimate of drug-likeness (QED) is 0.574. The van der Waals surface area contributed by atoms with Gasteiger partial charge in [0.1, 0.15) is 0 Å². The number of hydroxylamine groups is 2. The van der Waals surface area contributed by atoms with Gasteiger partial charge in [0.2, 0.25) is 0 Å². The second kappa shape index (κ2) is 4.34. The molecule has 0 aromatic heterocycles.